The average Bonchev–Trinajstić information content (AvgIpc) is 2.91. The first-order chi connectivity index (χ1) is 12.2. The minimum absolute atomic E-state index is 0.243. The summed E-state index contributed by atoms with van der Waals surface area (Å²) in [7, 11) is 0. The van der Waals surface area contributed by atoms with Crippen LogP contribution in [-0.4, -0.2) is 17.7 Å². The van der Waals surface area contributed by atoms with Crippen molar-refractivity contribution in [2.45, 2.75) is 32.2 Å². The summed E-state index contributed by atoms with van der Waals surface area (Å²) in [5.74, 6) is 0.316. The topological polar surface area (TPSA) is 17.0 Å². The first-order valence-electron chi connectivity index (χ1n) is 8.88. The average molecular weight is 357 g/mol. The molecule has 130 valence electrons. The number of nitrogens with one attached hydrogen (secondary N) is 1. The fourth-order valence-corrected chi connectivity index (χ4v) is 4.35. The molecule has 0 bridgehead atoms. The van der Waals surface area contributed by atoms with Gasteiger partial charge in [0.2, 0.25) is 0 Å². The standard InChI is InChI=1S/C21H22ClFN2/c1-14-21(15-9-11-24-12-10-15)16-5-2-3-8-20(16)25(14)13-17-18(22)6-4-7-19(17)23/h2-8,15,24H,9-13H2,1H3. The van der Waals surface area contributed by atoms with Gasteiger partial charge in [-0.05, 0) is 62.5 Å². The van der Waals surface area contributed by atoms with Crippen LogP contribution in [0.1, 0.15) is 35.6 Å². The molecule has 25 heavy (non-hydrogen) atoms. The zero-order valence-corrected chi connectivity index (χ0v) is 15.1. The van der Waals surface area contributed by atoms with Crippen LogP contribution >= 0.6 is 11.6 Å². The Labute approximate surface area is 152 Å². The van der Waals surface area contributed by atoms with Crippen molar-refractivity contribution >= 4 is 22.5 Å². The van der Waals surface area contributed by atoms with Crippen molar-refractivity contribution < 1.29 is 4.39 Å². The lowest BCUT2D eigenvalue weighted by molar-refractivity contribution is 0.460. The van der Waals surface area contributed by atoms with Gasteiger partial charge in [-0.3, -0.25) is 0 Å². The van der Waals surface area contributed by atoms with Gasteiger partial charge in [-0.15, -0.1) is 0 Å². The monoisotopic (exact) mass is 356 g/mol. The van der Waals surface area contributed by atoms with Crippen LogP contribution in [0.4, 0.5) is 4.39 Å². The lowest BCUT2D eigenvalue weighted by Gasteiger charge is -2.23. The number of rotatable bonds is 3. The van der Waals surface area contributed by atoms with Gasteiger partial charge in [-0.2, -0.15) is 0 Å². The summed E-state index contributed by atoms with van der Waals surface area (Å²) in [6, 6.07) is 13.4. The number of nitrogens with zero attached hydrogens (tertiary/aromatic N) is 1. The van der Waals surface area contributed by atoms with Gasteiger partial charge in [0, 0.05) is 27.2 Å². The Balaban J connectivity index is 1.85. The van der Waals surface area contributed by atoms with Gasteiger partial charge in [-0.25, -0.2) is 4.39 Å². The SMILES string of the molecule is Cc1c(C2CCNCC2)c2ccccc2n1Cc1c(F)cccc1Cl. The Morgan fingerprint density at radius 3 is 2.64 bits per heavy atom. The summed E-state index contributed by atoms with van der Waals surface area (Å²) in [5.41, 5.74) is 4.37. The highest BCUT2D eigenvalue weighted by Crippen LogP contribution is 2.37. The van der Waals surface area contributed by atoms with Crippen LogP contribution in [-0.2, 0) is 6.54 Å². The summed E-state index contributed by atoms with van der Waals surface area (Å²) in [6.07, 6.45) is 2.30. The summed E-state index contributed by atoms with van der Waals surface area (Å²) in [4.78, 5) is 0. The number of para-hydroxylation sites is 1. The Kier molecular flexibility index (Phi) is 4.53. The summed E-state index contributed by atoms with van der Waals surface area (Å²) in [5, 5.41) is 5.22. The van der Waals surface area contributed by atoms with Crippen LogP contribution in [0.25, 0.3) is 10.9 Å². The third kappa shape index (κ3) is 2.96. The van der Waals surface area contributed by atoms with E-state index >= 15 is 0 Å². The van der Waals surface area contributed by atoms with Gasteiger partial charge in [-0.1, -0.05) is 35.9 Å². The minimum Gasteiger partial charge on any atom is -0.340 e. The second kappa shape index (κ2) is 6.81. The number of fused-ring (bicyclic) bond motifs is 1. The number of hydrogen-bond acceptors (Lipinski definition) is 1. The summed E-state index contributed by atoms with van der Waals surface area (Å²) < 4.78 is 16.5. The molecule has 3 aromatic rings. The smallest absolute Gasteiger partial charge is 0.129 e. The van der Waals surface area contributed by atoms with Gasteiger partial charge in [0.25, 0.3) is 0 Å². The number of halogens is 2. The van der Waals surface area contributed by atoms with E-state index in [-0.39, 0.29) is 5.82 Å². The molecule has 2 nitrogen and oxygen atoms in total. The van der Waals surface area contributed by atoms with Crippen molar-refractivity contribution in [1.29, 1.82) is 0 Å². The maximum Gasteiger partial charge on any atom is 0.129 e. The Morgan fingerprint density at radius 1 is 1.12 bits per heavy atom. The molecule has 0 unspecified atom stereocenters. The number of piperidine rings is 1. The second-order valence-electron chi connectivity index (χ2n) is 6.83. The van der Waals surface area contributed by atoms with Crippen molar-refractivity contribution in [3.8, 4) is 0 Å². The molecule has 2 aromatic carbocycles. The Hall–Kier alpha value is -1.84. The van der Waals surface area contributed by atoms with E-state index in [1.165, 1.54) is 22.7 Å². The lowest BCUT2D eigenvalue weighted by Crippen LogP contribution is -2.26. The van der Waals surface area contributed by atoms with Crippen LogP contribution in [0.15, 0.2) is 42.5 Å². The fraction of sp³-hybridized carbons (Fsp3) is 0.333. The van der Waals surface area contributed by atoms with Gasteiger partial charge in [0.05, 0.1) is 6.54 Å². The molecular formula is C21H22ClFN2. The highest BCUT2D eigenvalue weighted by atomic mass is 35.5. The van der Waals surface area contributed by atoms with E-state index in [9.17, 15) is 4.39 Å². The van der Waals surface area contributed by atoms with Crippen molar-refractivity contribution in [2.75, 3.05) is 13.1 Å². The van der Waals surface area contributed by atoms with Gasteiger partial charge >= 0.3 is 0 Å². The van der Waals surface area contributed by atoms with Gasteiger partial charge < -0.3 is 9.88 Å². The molecule has 1 N–H and O–H groups in total. The van der Waals surface area contributed by atoms with E-state index < -0.39 is 0 Å². The molecule has 4 heteroatoms. The van der Waals surface area contributed by atoms with Crippen LogP contribution in [0.3, 0.4) is 0 Å². The third-order valence-electron chi connectivity index (χ3n) is 5.40. The molecule has 2 heterocycles. The number of aromatic nitrogens is 1. The maximum atomic E-state index is 14.3. The normalized spacial score (nSPS) is 15.8. The molecular weight excluding hydrogens is 335 g/mol. The molecule has 0 spiro atoms. The number of benzene rings is 2. The zero-order chi connectivity index (χ0) is 17.4. The molecule has 1 aliphatic heterocycles. The molecule has 0 radical (unpaired) electrons. The lowest BCUT2D eigenvalue weighted by atomic mass is 9.88. The first-order valence-corrected chi connectivity index (χ1v) is 9.26. The highest BCUT2D eigenvalue weighted by Gasteiger charge is 2.24. The minimum atomic E-state index is -0.243. The van der Waals surface area contributed by atoms with Crippen molar-refractivity contribution in [3.63, 3.8) is 0 Å². The van der Waals surface area contributed by atoms with Crippen LogP contribution in [0, 0.1) is 12.7 Å². The van der Waals surface area contributed by atoms with E-state index in [1.54, 1.807) is 12.1 Å². The predicted octanol–water partition coefficient (Wildman–Crippen LogP) is 5.26. The van der Waals surface area contributed by atoms with E-state index in [2.05, 4.69) is 35.0 Å². The van der Waals surface area contributed by atoms with E-state index in [1.807, 2.05) is 6.07 Å². The molecule has 0 atom stereocenters. The van der Waals surface area contributed by atoms with Crippen LogP contribution < -0.4 is 5.32 Å². The molecule has 0 amide bonds. The Morgan fingerprint density at radius 2 is 1.88 bits per heavy atom. The summed E-state index contributed by atoms with van der Waals surface area (Å²) in [6.45, 7) is 4.74. The molecule has 1 aromatic heterocycles. The van der Waals surface area contributed by atoms with Crippen molar-refractivity contribution in [3.05, 3.63) is 70.1 Å². The maximum absolute atomic E-state index is 14.3. The van der Waals surface area contributed by atoms with E-state index in [4.69, 9.17) is 11.6 Å². The van der Waals surface area contributed by atoms with Crippen LogP contribution in [0.5, 0.6) is 0 Å². The van der Waals surface area contributed by atoms with E-state index in [0.717, 1.165) is 31.4 Å². The predicted molar refractivity (Wildman–Crippen MR) is 102 cm³/mol. The molecule has 0 saturated carbocycles. The zero-order valence-electron chi connectivity index (χ0n) is 14.4. The quantitative estimate of drug-likeness (QED) is 0.677. The van der Waals surface area contributed by atoms with Crippen molar-refractivity contribution in [2.24, 2.45) is 0 Å². The highest BCUT2D eigenvalue weighted by molar-refractivity contribution is 6.31. The van der Waals surface area contributed by atoms with Gasteiger partial charge in [0.1, 0.15) is 5.82 Å². The molecule has 4 rings (SSSR count). The summed E-state index contributed by atoms with van der Waals surface area (Å²) >= 11 is 6.28. The van der Waals surface area contributed by atoms with Crippen molar-refractivity contribution in [1.82, 2.24) is 9.88 Å². The molecule has 1 saturated heterocycles. The fourth-order valence-electron chi connectivity index (χ4n) is 4.13. The molecule has 1 fully saturated rings. The second-order valence-corrected chi connectivity index (χ2v) is 7.23. The number of hydrogen-bond donors (Lipinski definition) is 1. The molecule has 0 aliphatic carbocycles. The molecule has 1 aliphatic rings. The first kappa shape index (κ1) is 16.6. The van der Waals surface area contributed by atoms with E-state index in [0.29, 0.717) is 23.0 Å². The van der Waals surface area contributed by atoms with Crippen LogP contribution in [0.2, 0.25) is 5.02 Å². The third-order valence-corrected chi connectivity index (χ3v) is 5.76. The van der Waals surface area contributed by atoms with Gasteiger partial charge in [0.15, 0.2) is 0 Å². The Bertz CT molecular complexity index is 889. The largest absolute Gasteiger partial charge is 0.340 e.